The highest BCUT2D eigenvalue weighted by Crippen LogP contribution is 2.29. The second-order valence-corrected chi connectivity index (χ2v) is 4.06. The molecule has 0 saturated carbocycles. The third kappa shape index (κ3) is 1.92. The Morgan fingerprint density at radius 3 is 3.08 bits per heavy atom. The van der Waals surface area contributed by atoms with Gasteiger partial charge < -0.3 is 9.84 Å². The van der Waals surface area contributed by atoms with Gasteiger partial charge in [-0.05, 0) is 29.9 Å². The van der Waals surface area contributed by atoms with Crippen LogP contribution < -0.4 is 0 Å². The van der Waals surface area contributed by atoms with Crippen LogP contribution in [0.15, 0.2) is 29.3 Å². The molecule has 0 saturated heterocycles. The van der Waals surface area contributed by atoms with E-state index in [9.17, 15) is 5.11 Å². The van der Waals surface area contributed by atoms with Crippen LogP contribution in [0.25, 0.3) is 0 Å². The van der Waals surface area contributed by atoms with E-state index in [-0.39, 0.29) is 0 Å². The van der Waals surface area contributed by atoms with Crippen molar-refractivity contribution in [3.8, 4) is 0 Å². The summed E-state index contributed by atoms with van der Waals surface area (Å²) in [6, 6.07) is 3.90. The molecule has 1 aromatic rings. The minimum absolute atomic E-state index is 0.458. The average Bonchev–Trinajstić information content (AvgIpc) is 2.71. The molecule has 1 aliphatic rings. The molecule has 0 aromatic carbocycles. The van der Waals surface area contributed by atoms with E-state index in [2.05, 4.69) is 0 Å². The Morgan fingerprint density at radius 1 is 1.54 bits per heavy atom. The van der Waals surface area contributed by atoms with Crippen molar-refractivity contribution in [3.63, 3.8) is 0 Å². The molecule has 1 aromatic heterocycles. The fourth-order valence-corrected chi connectivity index (χ4v) is 2.17. The smallest absolute Gasteiger partial charge is 0.112 e. The molecule has 1 unspecified atom stereocenters. The predicted octanol–water partition coefficient (Wildman–Crippen LogP) is 2.48. The van der Waals surface area contributed by atoms with Crippen molar-refractivity contribution >= 4 is 11.3 Å². The normalized spacial score (nSPS) is 19.0. The fraction of sp³-hybridized carbons (Fsp3) is 0.400. The third-order valence-electron chi connectivity index (χ3n) is 2.13. The first-order chi connectivity index (χ1) is 6.38. The Kier molecular flexibility index (Phi) is 2.66. The minimum Gasteiger partial charge on any atom is -0.501 e. The van der Waals surface area contributed by atoms with Crippen molar-refractivity contribution in [1.82, 2.24) is 0 Å². The zero-order chi connectivity index (χ0) is 9.10. The van der Waals surface area contributed by atoms with Crippen LogP contribution in [0.4, 0.5) is 0 Å². The van der Waals surface area contributed by atoms with Crippen LogP contribution in [0.1, 0.15) is 23.8 Å². The summed E-state index contributed by atoms with van der Waals surface area (Å²) in [4.78, 5) is 0.997. The molecular weight excluding hydrogens is 184 g/mol. The lowest BCUT2D eigenvalue weighted by atomic mass is 10.0. The van der Waals surface area contributed by atoms with Crippen LogP contribution in [0.2, 0.25) is 0 Å². The van der Waals surface area contributed by atoms with Gasteiger partial charge in [-0.2, -0.15) is 0 Å². The van der Waals surface area contributed by atoms with Gasteiger partial charge in [-0.15, -0.1) is 11.3 Å². The molecule has 1 N–H and O–H groups in total. The van der Waals surface area contributed by atoms with Gasteiger partial charge in [0.1, 0.15) is 6.10 Å². The molecule has 0 fully saturated rings. The van der Waals surface area contributed by atoms with E-state index in [4.69, 9.17) is 4.74 Å². The average molecular weight is 196 g/mol. The number of hydrogen-bond donors (Lipinski definition) is 1. The summed E-state index contributed by atoms with van der Waals surface area (Å²) >= 11 is 1.58. The first kappa shape index (κ1) is 8.78. The van der Waals surface area contributed by atoms with Crippen molar-refractivity contribution in [2.75, 3.05) is 6.61 Å². The van der Waals surface area contributed by atoms with E-state index in [0.717, 1.165) is 29.9 Å². The number of aliphatic hydroxyl groups excluding tert-OH is 1. The van der Waals surface area contributed by atoms with Gasteiger partial charge in [0.25, 0.3) is 0 Å². The van der Waals surface area contributed by atoms with Crippen LogP contribution in [0.5, 0.6) is 0 Å². The third-order valence-corrected chi connectivity index (χ3v) is 3.05. The molecule has 0 amide bonds. The lowest BCUT2D eigenvalue weighted by molar-refractivity contribution is 0.172. The van der Waals surface area contributed by atoms with Crippen molar-refractivity contribution in [3.05, 3.63) is 34.2 Å². The van der Waals surface area contributed by atoms with Gasteiger partial charge in [-0.1, -0.05) is 6.07 Å². The SMILES string of the molecule is OC(C1=COCCC1)c1cccs1. The monoisotopic (exact) mass is 196 g/mol. The number of hydrogen-bond acceptors (Lipinski definition) is 3. The molecule has 1 aliphatic heterocycles. The van der Waals surface area contributed by atoms with Gasteiger partial charge in [0.2, 0.25) is 0 Å². The fourth-order valence-electron chi connectivity index (χ4n) is 1.42. The number of thiophene rings is 1. The molecule has 0 bridgehead atoms. The topological polar surface area (TPSA) is 29.5 Å². The van der Waals surface area contributed by atoms with E-state index in [1.807, 2.05) is 17.5 Å². The van der Waals surface area contributed by atoms with Gasteiger partial charge in [0.15, 0.2) is 0 Å². The molecule has 3 heteroatoms. The van der Waals surface area contributed by atoms with Crippen LogP contribution in [-0.2, 0) is 4.74 Å². The Labute approximate surface area is 81.5 Å². The second-order valence-electron chi connectivity index (χ2n) is 3.09. The van der Waals surface area contributed by atoms with Crippen LogP contribution >= 0.6 is 11.3 Å². The Hall–Kier alpha value is -0.800. The molecule has 2 rings (SSSR count). The van der Waals surface area contributed by atoms with Crippen LogP contribution in [-0.4, -0.2) is 11.7 Å². The summed E-state index contributed by atoms with van der Waals surface area (Å²) in [6.45, 7) is 0.778. The molecule has 13 heavy (non-hydrogen) atoms. The Bertz CT molecular complexity index is 290. The summed E-state index contributed by atoms with van der Waals surface area (Å²) < 4.78 is 5.18. The van der Waals surface area contributed by atoms with Gasteiger partial charge in [0.05, 0.1) is 12.9 Å². The zero-order valence-corrected chi connectivity index (χ0v) is 8.09. The predicted molar refractivity (Wildman–Crippen MR) is 52.5 cm³/mol. The van der Waals surface area contributed by atoms with Gasteiger partial charge in [-0.3, -0.25) is 0 Å². The first-order valence-corrected chi connectivity index (χ1v) is 5.28. The molecular formula is C10H12O2S. The van der Waals surface area contributed by atoms with E-state index in [0.29, 0.717) is 0 Å². The number of ether oxygens (including phenoxy) is 1. The molecule has 1 atom stereocenters. The van der Waals surface area contributed by atoms with Crippen molar-refractivity contribution < 1.29 is 9.84 Å². The maximum Gasteiger partial charge on any atom is 0.112 e. The van der Waals surface area contributed by atoms with E-state index >= 15 is 0 Å². The van der Waals surface area contributed by atoms with Gasteiger partial charge in [0, 0.05) is 4.88 Å². The zero-order valence-electron chi connectivity index (χ0n) is 7.27. The second kappa shape index (κ2) is 3.94. The molecule has 0 spiro atoms. The standard InChI is InChI=1S/C10H12O2S/c11-10(9-4-2-6-13-9)8-3-1-5-12-7-8/h2,4,6-7,10-11H,1,3,5H2. The van der Waals surface area contributed by atoms with Crippen molar-refractivity contribution in [1.29, 1.82) is 0 Å². The van der Waals surface area contributed by atoms with Crippen LogP contribution in [0, 0.1) is 0 Å². The highest BCUT2D eigenvalue weighted by molar-refractivity contribution is 7.10. The minimum atomic E-state index is -0.458. The molecule has 0 aliphatic carbocycles. The summed E-state index contributed by atoms with van der Waals surface area (Å²) in [5, 5.41) is 11.9. The molecule has 0 radical (unpaired) electrons. The summed E-state index contributed by atoms with van der Waals surface area (Å²) in [5.41, 5.74) is 0.994. The molecule has 2 heterocycles. The summed E-state index contributed by atoms with van der Waals surface area (Å²) in [6.07, 6.45) is 3.20. The van der Waals surface area contributed by atoms with Crippen molar-refractivity contribution in [2.45, 2.75) is 18.9 Å². The first-order valence-electron chi connectivity index (χ1n) is 4.40. The van der Waals surface area contributed by atoms with E-state index in [1.54, 1.807) is 17.6 Å². The Morgan fingerprint density at radius 2 is 2.46 bits per heavy atom. The molecule has 2 nitrogen and oxygen atoms in total. The largest absolute Gasteiger partial charge is 0.501 e. The maximum atomic E-state index is 9.90. The summed E-state index contributed by atoms with van der Waals surface area (Å²) in [7, 11) is 0. The van der Waals surface area contributed by atoms with Crippen LogP contribution in [0.3, 0.4) is 0 Å². The lowest BCUT2D eigenvalue weighted by Crippen LogP contribution is -2.06. The summed E-state index contributed by atoms with van der Waals surface area (Å²) in [5.74, 6) is 0. The van der Waals surface area contributed by atoms with E-state index in [1.165, 1.54) is 0 Å². The number of aliphatic hydroxyl groups is 1. The number of rotatable bonds is 2. The van der Waals surface area contributed by atoms with Gasteiger partial charge >= 0.3 is 0 Å². The van der Waals surface area contributed by atoms with Gasteiger partial charge in [-0.25, -0.2) is 0 Å². The quantitative estimate of drug-likeness (QED) is 0.787. The highest BCUT2D eigenvalue weighted by atomic mass is 32.1. The molecule has 70 valence electrons. The van der Waals surface area contributed by atoms with Crippen molar-refractivity contribution in [2.24, 2.45) is 0 Å². The highest BCUT2D eigenvalue weighted by Gasteiger charge is 2.16. The van der Waals surface area contributed by atoms with E-state index < -0.39 is 6.10 Å². The maximum absolute atomic E-state index is 9.90. The Balaban J connectivity index is 2.12. The lowest BCUT2D eigenvalue weighted by Gasteiger charge is -2.17.